The van der Waals surface area contributed by atoms with Gasteiger partial charge in [-0.15, -0.1) is 0 Å². The van der Waals surface area contributed by atoms with Crippen LogP contribution in [0.5, 0.6) is 0 Å². The summed E-state index contributed by atoms with van der Waals surface area (Å²) in [5.74, 6) is -3.65. The van der Waals surface area contributed by atoms with Crippen molar-refractivity contribution in [1.29, 1.82) is 0 Å². The number of hydrogen-bond donors (Lipinski definition) is 3. The second kappa shape index (κ2) is 13.8. The molecule has 0 bridgehead atoms. The average Bonchev–Trinajstić information content (AvgIpc) is 2.51. The summed E-state index contributed by atoms with van der Waals surface area (Å²) in [6.45, 7) is 5.62. The lowest BCUT2D eigenvalue weighted by molar-refractivity contribution is -0.159. The maximum absolute atomic E-state index is 9.10. The molecule has 122 valence electrons. The Hall–Kier alpha value is -2.18. The minimum absolute atomic E-state index is 0.813. The van der Waals surface area contributed by atoms with Crippen LogP contribution >= 0.6 is 0 Å². The summed E-state index contributed by atoms with van der Waals surface area (Å²) in [4.78, 5) is 18.2. The third kappa shape index (κ3) is 12.8. The molecule has 0 fully saturated rings. The van der Waals surface area contributed by atoms with Crippen LogP contribution in [0.25, 0.3) is 6.08 Å². The molecule has 0 saturated heterocycles. The Morgan fingerprint density at radius 3 is 2.36 bits per heavy atom. The summed E-state index contributed by atoms with van der Waals surface area (Å²) in [6.07, 6.45) is 5.36. The van der Waals surface area contributed by atoms with Gasteiger partial charge in [-0.25, -0.2) is 9.59 Å². The summed E-state index contributed by atoms with van der Waals surface area (Å²) in [5.41, 5.74) is 1.25. The number of rotatable bonds is 8. The highest BCUT2D eigenvalue weighted by Gasteiger charge is 2.04. The second-order valence-corrected chi connectivity index (χ2v) is 4.18. The number of benzene rings is 1. The van der Waals surface area contributed by atoms with Crippen molar-refractivity contribution in [3.05, 3.63) is 42.0 Å². The van der Waals surface area contributed by atoms with Gasteiger partial charge in [0.05, 0.1) is 0 Å². The molecule has 1 aromatic rings. The molecule has 22 heavy (non-hydrogen) atoms. The quantitative estimate of drug-likeness (QED) is 0.501. The summed E-state index contributed by atoms with van der Waals surface area (Å²) in [7, 11) is 0. The number of nitrogens with one attached hydrogen (secondary N) is 1. The van der Waals surface area contributed by atoms with Crippen LogP contribution in [0, 0.1) is 0 Å². The van der Waals surface area contributed by atoms with Crippen molar-refractivity contribution in [3.63, 3.8) is 0 Å². The van der Waals surface area contributed by atoms with Crippen molar-refractivity contribution < 1.29 is 24.5 Å². The van der Waals surface area contributed by atoms with Gasteiger partial charge in [-0.2, -0.15) is 0 Å². The molecule has 0 unspecified atom stereocenters. The Kier molecular flexibility index (Phi) is 12.4. The molecule has 0 heterocycles. The number of carbonyl (C=O) groups is 2. The largest absolute Gasteiger partial charge is 0.473 e. The van der Waals surface area contributed by atoms with Gasteiger partial charge in [-0.1, -0.05) is 42.5 Å². The van der Waals surface area contributed by atoms with Crippen LogP contribution in [-0.4, -0.2) is 48.5 Å². The van der Waals surface area contributed by atoms with E-state index in [1.807, 2.05) is 13.0 Å². The van der Waals surface area contributed by atoms with Gasteiger partial charge in [-0.3, -0.25) is 0 Å². The number of carboxylic acid groups (broad SMARTS) is 2. The van der Waals surface area contributed by atoms with Crippen LogP contribution in [0.1, 0.15) is 18.9 Å². The lowest BCUT2D eigenvalue weighted by atomic mass is 10.2. The summed E-state index contributed by atoms with van der Waals surface area (Å²) in [6, 6.07) is 10.3. The zero-order valence-electron chi connectivity index (χ0n) is 12.7. The Bertz CT molecular complexity index is 433. The fourth-order valence-electron chi connectivity index (χ4n) is 1.39. The van der Waals surface area contributed by atoms with Crippen molar-refractivity contribution in [2.75, 3.05) is 26.3 Å². The van der Waals surface area contributed by atoms with Gasteiger partial charge in [0.1, 0.15) is 0 Å². The SMILES string of the molecule is CCOCCCNC/C=C/c1ccccc1.O=C(O)C(=O)O. The molecule has 0 aliphatic rings. The van der Waals surface area contributed by atoms with Crippen LogP contribution in [-0.2, 0) is 14.3 Å². The van der Waals surface area contributed by atoms with Gasteiger partial charge in [-0.05, 0) is 25.5 Å². The van der Waals surface area contributed by atoms with E-state index in [0.717, 1.165) is 32.7 Å². The molecule has 3 N–H and O–H groups in total. The topological polar surface area (TPSA) is 95.9 Å². The van der Waals surface area contributed by atoms with Gasteiger partial charge in [0.15, 0.2) is 0 Å². The highest BCUT2D eigenvalue weighted by Crippen LogP contribution is 1.99. The molecule has 0 saturated carbocycles. The van der Waals surface area contributed by atoms with Crippen molar-refractivity contribution in [2.24, 2.45) is 0 Å². The predicted molar refractivity (Wildman–Crippen MR) is 84.7 cm³/mol. The Balaban J connectivity index is 0.000000626. The van der Waals surface area contributed by atoms with E-state index in [9.17, 15) is 0 Å². The van der Waals surface area contributed by atoms with Crippen LogP contribution in [0.4, 0.5) is 0 Å². The number of carboxylic acids is 2. The van der Waals surface area contributed by atoms with E-state index in [1.165, 1.54) is 5.56 Å². The van der Waals surface area contributed by atoms with Crippen LogP contribution in [0.15, 0.2) is 36.4 Å². The molecule has 0 atom stereocenters. The Morgan fingerprint density at radius 1 is 1.18 bits per heavy atom. The monoisotopic (exact) mass is 309 g/mol. The first kappa shape index (κ1) is 19.8. The van der Waals surface area contributed by atoms with E-state index in [4.69, 9.17) is 24.5 Å². The minimum atomic E-state index is -1.82. The molecule has 6 nitrogen and oxygen atoms in total. The van der Waals surface area contributed by atoms with Gasteiger partial charge in [0.2, 0.25) is 0 Å². The van der Waals surface area contributed by atoms with Crippen LogP contribution in [0.3, 0.4) is 0 Å². The molecular formula is C16H23NO5. The van der Waals surface area contributed by atoms with Crippen molar-refractivity contribution in [2.45, 2.75) is 13.3 Å². The molecule has 0 aliphatic heterocycles. The lowest BCUT2D eigenvalue weighted by Gasteiger charge is -2.01. The van der Waals surface area contributed by atoms with E-state index in [2.05, 4.69) is 41.7 Å². The third-order valence-electron chi connectivity index (χ3n) is 2.40. The molecule has 6 heteroatoms. The maximum Gasteiger partial charge on any atom is 0.414 e. The van der Waals surface area contributed by atoms with E-state index < -0.39 is 11.9 Å². The van der Waals surface area contributed by atoms with Gasteiger partial charge in [0, 0.05) is 19.8 Å². The molecule has 0 spiro atoms. The molecule has 1 aromatic carbocycles. The van der Waals surface area contributed by atoms with Crippen LogP contribution < -0.4 is 5.32 Å². The smallest absolute Gasteiger partial charge is 0.414 e. The zero-order chi connectivity index (χ0) is 16.6. The van der Waals surface area contributed by atoms with Crippen LogP contribution in [0.2, 0.25) is 0 Å². The predicted octanol–water partition coefficient (Wildman–Crippen LogP) is 1.87. The fraction of sp³-hybridized carbons (Fsp3) is 0.375. The normalized spacial score (nSPS) is 10.0. The zero-order valence-corrected chi connectivity index (χ0v) is 12.7. The molecule has 0 aromatic heterocycles. The van der Waals surface area contributed by atoms with Crippen molar-refractivity contribution >= 4 is 18.0 Å². The summed E-state index contributed by atoms with van der Waals surface area (Å²) >= 11 is 0. The van der Waals surface area contributed by atoms with E-state index >= 15 is 0 Å². The van der Waals surface area contributed by atoms with E-state index in [1.54, 1.807) is 0 Å². The number of aliphatic carboxylic acids is 2. The second-order valence-electron chi connectivity index (χ2n) is 4.18. The van der Waals surface area contributed by atoms with Gasteiger partial charge >= 0.3 is 11.9 Å². The molecular weight excluding hydrogens is 286 g/mol. The summed E-state index contributed by atoms with van der Waals surface area (Å²) in [5, 5.41) is 18.1. The number of hydrogen-bond acceptors (Lipinski definition) is 4. The first-order valence-corrected chi connectivity index (χ1v) is 7.04. The standard InChI is InChI=1S/C14H21NO.C2H2O4/c1-2-16-13-7-12-15-11-6-10-14-8-4-3-5-9-14;3-1(4)2(5)6/h3-6,8-10,15H,2,7,11-13H2,1H3;(H,3,4)(H,5,6)/b10-6+;. The average molecular weight is 309 g/mol. The molecule has 0 amide bonds. The Morgan fingerprint density at radius 2 is 1.82 bits per heavy atom. The van der Waals surface area contributed by atoms with Gasteiger partial charge in [0.25, 0.3) is 0 Å². The lowest BCUT2D eigenvalue weighted by Crippen LogP contribution is -2.16. The van der Waals surface area contributed by atoms with E-state index in [-0.39, 0.29) is 0 Å². The number of ether oxygens (including phenoxy) is 1. The highest BCUT2D eigenvalue weighted by molar-refractivity contribution is 6.27. The van der Waals surface area contributed by atoms with Crippen molar-refractivity contribution in [3.8, 4) is 0 Å². The maximum atomic E-state index is 9.10. The van der Waals surface area contributed by atoms with Crippen molar-refractivity contribution in [1.82, 2.24) is 5.32 Å². The first-order chi connectivity index (χ1) is 10.6. The highest BCUT2D eigenvalue weighted by atomic mass is 16.5. The molecule has 0 radical (unpaired) electrons. The Labute approximate surface area is 130 Å². The molecule has 1 rings (SSSR count). The van der Waals surface area contributed by atoms with E-state index in [0.29, 0.717) is 0 Å². The first-order valence-electron chi connectivity index (χ1n) is 7.04. The molecule has 0 aliphatic carbocycles. The fourth-order valence-corrected chi connectivity index (χ4v) is 1.39. The minimum Gasteiger partial charge on any atom is -0.473 e. The van der Waals surface area contributed by atoms with Gasteiger partial charge < -0.3 is 20.3 Å². The third-order valence-corrected chi connectivity index (χ3v) is 2.40. The summed E-state index contributed by atoms with van der Waals surface area (Å²) < 4.78 is 5.25.